The Kier molecular flexibility index (Phi) is 3.09. The summed E-state index contributed by atoms with van der Waals surface area (Å²) >= 11 is 0. The van der Waals surface area contributed by atoms with Crippen molar-refractivity contribution < 1.29 is 14.0 Å². The van der Waals surface area contributed by atoms with Crippen molar-refractivity contribution in [1.82, 2.24) is 0 Å². The summed E-state index contributed by atoms with van der Waals surface area (Å²) in [6.07, 6.45) is 4.96. The molecular weight excluding hydrogens is 291 g/mol. The van der Waals surface area contributed by atoms with Gasteiger partial charge in [0.05, 0.1) is 0 Å². The summed E-state index contributed by atoms with van der Waals surface area (Å²) in [5.41, 5.74) is 1.68. The smallest absolute Gasteiger partial charge is 0.173 e. The Morgan fingerprint density at radius 1 is 1.17 bits per heavy atom. The first-order valence-corrected chi connectivity index (χ1v) is 8.89. The van der Waals surface area contributed by atoms with Gasteiger partial charge in [0.1, 0.15) is 0 Å². The van der Waals surface area contributed by atoms with Crippen LogP contribution in [0.1, 0.15) is 52.4 Å². The van der Waals surface area contributed by atoms with Crippen LogP contribution in [0.4, 0.5) is 4.39 Å². The summed E-state index contributed by atoms with van der Waals surface area (Å²) < 4.78 is 14.2. The van der Waals surface area contributed by atoms with E-state index in [1.165, 1.54) is 0 Å². The van der Waals surface area contributed by atoms with Crippen LogP contribution in [0.5, 0.6) is 0 Å². The third-order valence-electron chi connectivity index (χ3n) is 7.63. The zero-order valence-corrected chi connectivity index (χ0v) is 14.0. The fraction of sp³-hybridized carbons (Fsp3) is 0.700. The van der Waals surface area contributed by atoms with E-state index in [0.29, 0.717) is 24.7 Å². The predicted octanol–water partition coefficient (Wildman–Crippen LogP) is 4.20. The molecule has 0 saturated heterocycles. The summed E-state index contributed by atoms with van der Waals surface area (Å²) in [7, 11) is 0. The molecule has 6 atom stereocenters. The summed E-state index contributed by atoms with van der Waals surface area (Å²) in [5.74, 6) is 0.954. The van der Waals surface area contributed by atoms with E-state index in [1.807, 2.05) is 13.0 Å². The van der Waals surface area contributed by atoms with Crippen molar-refractivity contribution >= 4 is 11.6 Å². The van der Waals surface area contributed by atoms with Crippen molar-refractivity contribution in [1.29, 1.82) is 0 Å². The number of Topliss-reactive ketones (excluding diaryl/α,β-unsaturated/α-hetero) is 1. The van der Waals surface area contributed by atoms with Crippen molar-refractivity contribution in [2.24, 2.45) is 28.6 Å². The van der Waals surface area contributed by atoms with Crippen LogP contribution in [-0.4, -0.2) is 17.7 Å². The van der Waals surface area contributed by atoms with Gasteiger partial charge in [-0.05, 0) is 66.9 Å². The maximum atomic E-state index is 14.2. The lowest BCUT2D eigenvalue weighted by Gasteiger charge is -2.57. The highest BCUT2D eigenvalue weighted by Gasteiger charge is 2.62. The van der Waals surface area contributed by atoms with Gasteiger partial charge < -0.3 is 0 Å². The molecule has 0 aromatic rings. The van der Waals surface area contributed by atoms with E-state index >= 15 is 0 Å². The van der Waals surface area contributed by atoms with Gasteiger partial charge >= 0.3 is 0 Å². The van der Waals surface area contributed by atoms with Crippen molar-refractivity contribution in [2.75, 3.05) is 0 Å². The highest BCUT2D eigenvalue weighted by atomic mass is 19.1. The van der Waals surface area contributed by atoms with Gasteiger partial charge in [0.2, 0.25) is 0 Å². The zero-order chi connectivity index (χ0) is 16.6. The van der Waals surface area contributed by atoms with Crippen LogP contribution < -0.4 is 0 Å². The Morgan fingerprint density at radius 2 is 1.91 bits per heavy atom. The topological polar surface area (TPSA) is 34.1 Å². The number of carbonyl (C=O) groups is 2. The number of allylic oxidation sites excluding steroid dienone is 2. The van der Waals surface area contributed by atoms with E-state index in [2.05, 4.69) is 13.5 Å². The summed E-state index contributed by atoms with van der Waals surface area (Å²) in [6.45, 7) is 8.49. The molecule has 3 heteroatoms. The minimum absolute atomic E-state index is 0.0211. The largest absolute Gasteiger partial charge is 0.296 e. The molecule has 0 spiro atoms. The summed E-state index contributed by atoms with van der Waals surface area (Å²) in [5, 5.41) is 0. The minimum Gasteiger partial charge on any atom is -0.296 e. The standard InChI is InChI=1S/C20H25FO2/c1-11-8-13-14(19(2)6-4-12(22)9-15(11)19)5-7-20(3)16(13)10-17(21)18(20)23/h9,13-14,16-17H,1,4-8,10H2,2-3H3/t13-,14+,16+,17?,19-,20+/m1/s1. The van der Waals surface area contributed by atoms with Gasteiger partial charge in [-0.25, -0.2) is 4.39 Å². The summed E-state index contributed by atoms with van der Waals surface area (Å²) in [4.78, 5) is 24.2. The molecule has 0 amide bonds. The molecule has 3 fully saturated rings. The molecule has 4 aliphatic rings. The van der Waals surface area contributed by atoms with Gasteiger partial charge in [-0.3, -0.25) is 9.59 Å². The fourth-order valence-corrected chi connectivity index (χ4v) is 6.31. The molecule has 3 saturated carbocycles. The number of hydrogen-bond acceptors (Lipinski definition) is 2. The number of fused-ring (bicyclic) bond motifs is 5. The van der Waals surface area contributed by atoms with E-state index in [1.54, 1.807) is 0 Å². The second-order valence-corrected chi connectivity index (χ2v) is 8.65. The maximum absolute atomic E-state index is 14.2. The summed E-state index contributed by atoms with van der Waals surface area (Å²) in [6, 6.07) is 0. The normalized spacial score (nSPS) is 49.3. The Bertz CT molecular complexity index is 648. The third kappa shape index (κ3) is 1.85. The molecule has 4 rings (SSSR count). The Labute approximate surface area is 137 Å². The maximum Gasteiger partial charge on any atom is 0.173 e. The Hall–Kier alpha value is -1.25. The van der Waals surface area contributed by atoms with Crippen molar-refractivity contribution in [3.8, 4) is 0 Å². The number of alkyl halides is 1. The Balaban J connectivity index is 1.76. The van der Waals surface area contributed by atoms with Gasteiger partial charge in [-0.15, -0.1) is 0 Å². The molecule has 0 N–H and O–H groups in total. The zero-order valence-electron chi connectivity index (χ0n) is 14.0. The molecule has 0 radical (unpaired) electrons. The van der Waals surface area contributed by atoms with Gasteiger partial charge in [-0.1, -0.05) is 26.0 Å². The van der Waals surface area contributed by atoms with E-state index < -0.39 is 11.6 Å². The average Bonchev–Trinajstić information content (AvgIpc) is 2.73. The van der Waals surface area contributed by atoms with Crippen molar-refractivity contribution in [3.05, 3.63) is 23.8 Å². The SMILES string of the molecule is C=C1C[C@@H]2[C@H](CC[C@]3(C)C(=O)C(F)C[C@@H]23)[C@@]2(C)CCC(=O)C=C12. The molecule has 4 aliphatic carbocycles. The molecule has 1 unspecified atom stereocenters. The van der Waals surface area contributed by atoms with Crippen LogP contribution in [0.15, 0.2) is 23.8 Å². The molecule has 0 bridgehead atoms. The first kappa shape index (κ1) is 15.3. The lowest BCUT2D eigenvalue weighted by atomic mass is 9.47. The van der Waals surface area contributed by atoms with Gasteiger partial charge in [0, 0.05) is 11.8 Å². The number of halogens is 1. The molecular formula is C20H25FO2. The average molecular weight is 316 g/mol. The first-order valence-electron chi connectivity index (χ1n) is 8.89. The number of carbonyl (C=O) groups excluding carboxylic acids is 2. The van der Waals surface area contributed by atoms with Crippen LogP contribution in [0.2, 0.25) is 0 Å². The molecule has 0 aromatic carbocycles. The molecule has 124 valence electrons. The van der Waals surface area contributed by atoms with Crippen LogP contribution in [0.3, 0.4) is 0 Å². The first-order chi connectivity index (χ1) is 10.8. The quantitative estimate of drug-likeness (QED) is 0.671. The molecule has 0 aliphatic heterocycles. The van der Waals surface area contributed by atoms with Gasteiger partial charge in [0.25, 0.3) is 0 Å². The molecule has 0 aromatic heterocycles. The molecule has 2 nitrogen and oxygen atoms in total. The van der Waals surface area contributed by atoms with Gasteiger partial charge in [0.15, 0.2) is 17.7 Å². The van der Waals surface area contributed by atoms with Crippen LogP contribution >= 0.6 is 0 Å². The molecule has 0 heterocycles. The van der Waals surface area contributed by atoms with E-state index in [0.717, 1.165) is 36.8 Å². The van der Waals surface area contributed by atoms with E-state index in [4.69, 9.17) is 0 Å². The second-order valence-electron chi connectivity index (χ2n) is 8.65. The number of ketones is 2. The predicted molar refractivity (Wildman–Crippen MR) is 86.5 cm³/mol. The van der Waals surface area contributed by atoms with Crippen LogP contribution in [0, 0.1) is 28.6 Å². The fourth-order valence-electron chi connectivity index (χ4n) is 6.31. The minimum atomic E-state index is -1.28. The molecule has 23 heavy (non-hydrogen) atoms. The third-order valence-corrected chi connectivity index (χ3v) is 7.63. The van der Waals surface area contributed by atoms with Crippen molar-refractivity contribution in [2.45, 2.75) is 58.5 Å². The number of hydrogen-bond donors (Lipinski definition) is 0. The highest BCUT2D eigenvalue weighted by Crippen LogP contribution is 2.65. The lowest BCUT2D eigenvalue weighted by molar-refractivity contribution is -0.134. The van der Waals surface area contributed by atoms with E-state index in [-0.39, 0.29) is 22.9 Å². The second kappa shape index (κ2) is 4.64. The van der Waals surface area contributed by atoms with Crippen LogP contribution in [0.25, 0.3) is 0 Å². The van der Waals surface area contributed by atoms with Gasteiger partial charge in [-0.2, -0.15) is 0 Å². The Morgan fingerprint density at radius 3 is 2.65 bits per heavy atom. The van der Waals surface area contributed by atoms with E-state index in [9.17, 15) is 14.0 Å². The van der Waals surface area contributed by atoms with Crippen LogP contribution in [-0.2, 0) is 9.59 Å². The van der Waals surface area contributed by atoms with Crippen molar-refractivity contribution in [3.63, 3.8) is 0 Å². The highest BCUT2D eigenvalue weighted by molar-refractivity contribution is 5.93. The monoisotopic (exact) mass is 316 g/mol. The lowest BCUT2D eigenvalue weighted by Crippen LogP contribution is -2.51. The number of rotatable bonds is 0.